The highest BCUT2D eigenvalue weighted by Gasteiger charge is 2.37. The smallest absolute Gasteiger partial charge is 0.171 e. The Hall–Kier alpha value is -7.91. The molecular weight excluding hydrogens is 1120 g/mol. The average Bonchev–Trinajstić information content (AvgIpc) is 1.85. The van der Waals surface area contributed by atoms with Crippen molar-refractivity contribution in [3.05, 3.63) is 281 Å². The van der Waals surface area contributed by atoms with Gasteiger partial charge in [-0.25, -0.2) is 0 Å². The molecular formula is C76H75O7P3. The monoisotopic (exact) mass is 1190 g/mol. The van der Waals surface area contributed by atoms with Crippen LogP contribution < -0.4 is 66.7 Å². The summed E-state index contributed by atoms with van der Waals surface area (Å²) in [6.07, 6.45) is 4.26. The highest BCUT2D eigenvalue weighted by molar-refractivity contribution is 7.86. The average molecular weight is 1190 g/mol. The lowest BCUT2D eigenvalue weighted by molar-refractivity contribution is 0.305. The summed E-state index contributed by atoms with van der Waals surface area (Å²) in [6.45, 7) is 10.2. The largest absolute Gasteiger partial charge is 0.493 e. The molecule has 10 aromatic rings. The third-order valence-electron chi connectivity index (χ3n) is 16.0. The van der Waals surface area contributed by atoms with Crippen molar-refractivity contribution in [1.82, 2.24) is 0 Å². The van der Waals surface area contributed by atoms with E-state index in [0.717, 1.165) is 97.2 Å². The van der Waals surface area contributed by atoms with E-state index in [1.807, 2.05) is 182 Å². The quantitative estimate of drug-likeness (QED) is 0.0662. The summed E-state index contributed by atoms with van der Waals surface area (Å²) >= 11 is 0. The Labute approximate surface area is 508 Å². The molecule has 11 rings (SSSR count). The van der Waals surface area contributed by atoms with Crippen molar-refractivity contribution in [2.24, 2.45) is 0 Å². The Morgan fingerprint density at radius 3 is 0.628 bits per heavy atom. The maximum Gasteiger partial charge on any atom is 0.171 e. The predicted molar refractivity (Wildman–Crippen MR) is 358 cm³/mol. The zero-order valence-electron chi connectivity index (χ0n) is 49.7. The van der Waals surface area contributed by atoms with Gasteiger partial charge in [0.05, 0.1) is 26.4 Å². The predicted octanol–water partition coefficient (Wildman–Crippen LogP) is 14.4. The molecule has 1 aliphatic carbocycles. The molecule has 0 atom stereocenters. The number of benzene rings is 10. The molecule has 0 aliphatic heterocycles. The van der Waals surface area contributed by atoms with E-state index in [1.54, 1.807) is 0 Å². The summed E-state index contributed by atoms with van der Waals surface area (Å²) in [5.74, 6) is 2.82. The second kappa shape index (κ2) is 27.2. The van der Waals surface area contributed by atoms with E-state index >= 15 is 13.7 Å². The van der Waals surface area contributed by atoms with Crippen LogP contribution >= 0.6 is 21.4 Å². The highest BCUT2D eigenvalue weighted by Crippen LogP contribution is 2.50. The summed E-state index contributed by atoms with van der Waals surface area (Å²) < 4.78 is 79.1. The molecule has 10 aromatic carbocycles. The van der Waals surface area contributed by atoms with Crippen LogP contribution in [0.2, 0.25) is 0 Å². The molecule has 0 saturated carbocycles. The molecule has 0 fully saturated rings. The minimum Gasteiger partial charge on any atom is -0.493 e. The van der Waals surface area contributed by atoms with Crippen molar-refractivity contribution in [2.75, 3.05) is 26.4 Å². The topological polar surface area (TPSA) is 88.1 Å². The molecule has 7 nitrogen and oxygen atoms in total. The van der Waals surface area contributed by atoms with Crippen LogP contribution in [-0.2, 0) is 39.4 Å². The maximum atomic E-state index is 17.0. The van der Waals surface area contributed by atoms with Gasteiger partial charge in [0.1, 0.15) is 23.0 Å². The third kappa shape index (κ3) is 12.1. The van der Waals surface area contributed by atoms with Crippen molar-refractivity contribution in [3.8, 4) is 23.0 Å². The minimum atomic E-state index is -3.67. The standard InChI is InChI=1S/C76H75O7P3/c1-5-42-80-73-56-28-27-29-57(73)47-59-51-71(85(78,66-34-19-11-20-35-66)67-36-21-12-22-37-67)53-61(75(59)82-44-7-3)49-63-55-72(86(79,68-38-23-13-24-39-68)69-40-25-14-26-41-69)54-62(76(63)83-45-8-4)48-60-52-70(50-58(46-56)74(60)81-43-6-2)84(77,64-30-15-9-16-31-64)65-32-17-10-18-33-65/h9-41,50-55H,5-8,42-49H2,1-4H3. The molecule has 0 amide bonds. The molecule has 436 valence electrons. The van der Waals surface area contributed by atoms with E-state index in [0.29, 0.717) is 83.0 Å². The van der Waals surface area contributed by atoms with Gasteiger partial charge >= 0.3 is 0 Å². The fourth-order valence-electron chi connectivity index (χ4n) is 12.0. The number of rotatable bonds is 21. The summed E-state index contributed by atoms with van der Waals surface area (Å²) in [6, 6.07) is 77.9. The van der Waals surface area contributed by atoms with Gasteiger partial charge in [0.15, 0.2) is 21.4 Å². The molecule has 0 unspecified atom stereocenters. The van der Waals surface area contributed by atoms with Gasteiger partial charge in [0.25, 0.3) is 0 Å². The van der Waals surface area contributed by atoms with Gasteiger partial charge in [-0.2, -0.15) is 0 Å². The van der Waals surface area contributed by atoms with E-state index in [4.69, 9.17) is 18.9 Å². The first-order chi connectivity index (χ1) is 42.1. The summed E-state index contributed by atoms with van der Waals surface area (Å²) in [5, 5.41) is 6.24. The molecule has 0 saturated heterocycles. The van der Waals surface area contributed by atoms with Gasteiger partial charge < -0.3 is 32.6 Å². The highest BCUT2D eigenvalue weighted by atomic mass is 31.2. The van der Waals surface area contributed by atoms with Crippen molar-refractivity contribution in [2.45, 2.75) is 79.1 Å². The van der Waals surface area contributed by atoms with Crippen LogP contribution in [0, 0.1) is 0 Å². The van der Waals surface area contributed by atoms with Crippen molar-refractivity contribution >= 4 is 69.2 Å². The van der Waals surface area contributed by atoms with Gasteiger partial charge in [-0.1, -0.05) is 228 Å². The lowest BCUT2D eigenvalue weighted by Gasteiger charge is -2.28. The Morgan fingerprint density at radius 1 is 0.244 bits per heavy atom. The van der Waals surface area contributed by atoms with Crippen LogP contribution in [0.15, 0.2) is 237 Å². The fourth-order valence-corrected chi connectivity index (χ4v) is 20.3. The molecule has 0 aromatic heterocycles. The van der Waals surface area contributed by atoms with E-state index in [2.05, 4.69) is 82.3 Å². The Bertz CT molecular complexity index is 3750. The van der Waals surface area contributed by atoms with Gasteiger partial charge in [-0.3, -0.25) is 0 Å². The van der Waals surface area contributed by atoms with Crippen LogP contribution in [0.1, 0.15) is 97.9 Å². The summed E-state index contributed by atoms with van der Waals surface area (Å²) in [4.78, 5) is 0. The van der Waals surface area contributed by atoms with Crippen LogP contribution in [-0.4, -0.2) is 26.4 Å². The Morgan fingerprint density at radius 2 is 0.430 bits per heavy atom. The first-order valence-corrected chi connectivity index (χ1v) is 35.5. The number of para-hydroxylation sites is 1. The summed E-state index contributed by atoms with van der Waals surface area (Å²) in [7, 11) is -10.9. The molecule has 0 heterocycles. The van der Waals surface area contributed by atoms with Crippen LogP contribution in [0.5, 0.6) is 23.0 Å². The zero-order valence-corrected chi connectivity index (χ0v) is 52.4. The summed E-state index contributed by atoms with van der Waals surface area (Å²) in [5.41, 5.74) is 6.83. The molecule has 1 aliphatic rings. The molecule has 0 radical (unpaired) electrons. The SMILES string of the molecule is CCCOc1c2cccc1Cc1cc(P(=O)(c3ccccc3)c3ccccc3)cc(c1OCCC)Cc1cc(P(=O)(c3ccccc3)c3ccccc3)cc(c1OCCC)Cc1cc(P(=O)(c3ccccc3)c3ccccc3)cc(c1OCCC)C2. The second-order valence-electron chi connectivity index (χ2n) is 22.1. The fraction of sp³-hybridized carbons (Fsp3) is 0.211. The number of fused-ring (bicyclic) bond motifs is 8. The number of ether oxygens (including phenoxy) is 4. The van der Waals surface area contributed by atoms with Crippen LogP contribution in [0.3, 0.4) is 0 Å². The zero-order chi connectivity index (χ0) is 59.5. The first-order valence-electron chi connectivity index (χ1n) is 30.4. The number of hydrogen-bond acceptors (Lipinski definition) is 7. The molecule has 8 bridgehead atoms. The van der Waals surface area contributed by atoms with Crippen LogP contribution in [0.4, 0.5) is 0 Å². The van der Waals surface area contributed by atoms with E-state index in [-0.39, 0.29) is 12.8 Å². The van der Waals surface area contributed by atoms with Gasteiger partial charge in [0, 0.05) is 73.4 Å². The normalized spacial score (nSPS) is 12.5. The molecule has 10 heteroatoms. The maximum absolute atomic E-state index is 17.0. The van der Waals surface area contributed by atoms with E-state index < -0.39 is 21.4 Å². The van der Waals surface area contributed by atoms with Crippen LogP contribution in [0.25, 0.3) is 0 Å². The number of hydrogen-bond donors (Lipinski definition) is 0. The van der Waals surface area contributed by atoms with Crippen molar-refractivity contribution in [1.29, 1.82) is 0 Å². The van der Waals surface area contributed by atoms with Crippen molar-refractivity contribution < 1.29 is 32.6 Å². The first kappa shape index (κ1) is 59.8. The van der Waals surface area contributed by atoms with Gasteiger partial charge in [-0.15, -0.1) is 0 Å². The van der Waals surface area contributed by atoms with E-state index in [9.17, 15) is 0 Å². The van der Waals surface area contributed by atoms with E-state index in [1.165, 1.54) is 0 Å². The second-order valence-corrected chi connectivity index (χ2v) is 30.4. The Kier molecular flexibility index (Phi) is 18.9. The molecule has 86 heavy (non-hydrogen) atoms. The van der Waals surface area contributed by atoms with Crippen molar-refractivity contribution in [3.63, 3.8) is 0 Å². The lowest BCUT2D eigenvalue weighted by Crippen LogP contribution is -2.27. The third-order valence-corrected chi connectivity index (χ3v) is 25.1. The molecule has 0 N–H and O–H groups in total. The minimum absolute atomic E-state index is 0.258. The lowest BCUT2D eigenvalue weighted by atomic mass is 9.91. The Balaban J connectivity index is 1.29. The molecule has 0 spiro atoms. The van der Waals surface area contributed by atoms with Gasteiger partial charge in [-0.05, 0) is 107 Å². The van der Waals surface area contributed by atoms with Gasteiger partial charge in [0.2, 0.25) is 0 Å².